The summed E-state index contributed by atoms with van der Waals surface area (Å²) in [7, 11) is 2.01. The first-order chi connectivity index (χ1) is 66.1. The van der Waals surface area contributed by atoms with Crippen molar-refractivity contribution in [1.82, 2.24) is 119 Å². The number of fused-ring (bicyclic) bond motifs is 5. The van der Waals surface area contributed by atoms with Crippen molar-refractivity contribution >= 4 is 115 Å². The Hall–Kier alpha value is -17.3. The van der Waals surface area contributed by atoms with Crippen molar-refractivity contribution in [2.45, 2.75) is 102 Å². The number of piperidine rings is 2. The number of hydrogen-bond acceptors (Lipinski definition) is 36. The van der Waals surface area contributed by atoms with Crippen molar-refractivity contribution in [2.24, 2.45) is 0 Å². The van der Waals surface area contributed by atoms with Crippen molar-refractivity contribution in [3.8, 4) is 40.9 Å². The molecule has 0 spiro atoms. The number of nitrogens with one attached hydrogen (secondary N) is 8. The van der Waals surface area contributed by atoms with Crippen molar-refractivity contribution in [1.29, 1.82) is 10.5 Å². The van der Waals surface area contributed by atoms with Gasteiger partial charge >= 0.3 is 0 Å². The molecule has 46 nitrogen and oxygen atoms in total. The quantitative estimate of drug-likeness (QED) is 0.0331. The minimum absolute atomic E-state index is 0.0171. The molecule has 50 heteroatoms. The average Bonchev–Trinajstić information content (AvgIpc) is 1.66. The number of nitrogens with two attached hydrogens (primary N) is 5. The second-order valence-corrected chi connectivity index (χ2v) is 32.2. The Labute approximate surface area is 774 Å². The first kappa shape index (κ1) is 94.4. The SMILES string of the molecule is CC(C)(C)Oc1ccncc1NC(=O)c1c(N)nn2cc(F)cnc12.CN1CCC(Oc2c(F)cncc2NC(=O)c2c(N)nn3cc(F)cnc23)CC1.N#CCc1cnc2c(C(=O)Nc3cnccc3O[C@@H]3CCNC3)c(N)nn2c1.N#CCc1cnc2c(C(=O)Nc3cnccc3O[C@H]3CCNC3)c(N)nn2c1.Nc1nn2cc(F)cnc2c1C(=O)Nc1cnccc1O[C@H]1CCCNC1. The van der Waals surface area contributed by atoms with E-state index in [0.29, 0.717) is 68.2 Å². The van der Waals surface area contributed by atoms with Gasteiger partial charge in [0.2, 0.25) is 0 Å². The number of nitrogen functional groups attached to an aromatic ring is 5. The molecule has 15 aromatic rings. The van der Waals surface area contributed by atoms with E-state index in [1.807, 2.05) is 40.0 Å². The zero-order chi connectivity index (χ0) is 96.6. The third kappa shape index (κ3) is 23.1. The largest absolute Gasteiger partial charge is 0.487 e. The standard InChI is InChI=1S/C18H19F2N7O2.2C18H18N8O2.C17H18FN7O2.C16H17FN6O2/c1-26-4-2-11(3-5-26)29-15-12(20)7-22-8-13(15)24-18(28)14-16(21)25-27-9-10(19)6-23-17(14)27;2*19-4-1-11-7-23-17-15(16(20)25-26(17)10-11)18(27)24-13-9-22-6-3-14(13)28-12-2-5-21-8-12;18-10-6-22-16-14(15(19)24-25(16)9-10)17(26)23-12-8-21-5-3-13(12)27-11-2-1-4-20-7-11;1-16(2,3)25-11-4-5-19-7-10(11)21-15(24)12-13(18)22-23-8-9(17)6-20-14(12)23/h6-9,11H,2-5H2,1H3,(H2,21,25)(H,24,28);2*3,6-7,9-10,12,21H,1-2,5,8H2,(H2,20,25)(H,24,27);3,5-6,8-9,11,20H,1-2,4,7H2,(H2,19,24)(H,23,26);4-8H,1-3H3,(H2,18,22)(H,21,24)/t;2*12-;11-;/m.100./s1. The van der Waals surface area contributed by atoms with E-state index in [1.54, 1.807) is 61.4 Å². The minimum atomic E-state index is -0.685. The van der Waals surface area contributed by atoms with E-state index in [9.17, 15) is 41.5 Å². The smallest absolute Gasteiger partial charge is 0.263 e. The molecule has 4 aliphatic rings. The van der Waals surface area contributed by atoms with Gasteiger partial charge in [0.15, 0.2) is 86.3 Å². The number of halogens is 4. The van der Waals surface area contributed by atoms with Gasteiger partial charge < -0.3 is 99.8 Å². The Morgan fingerprint density at radius 3 is 1.07 bits per heavy atom. The molecule has 0 saturated carbocycles. The van der Waals surface area contributed by atoms with Crippen LogP contribution in [0, 0.1) is 45.9 Å². The molecule has 0 aliphatic carbocycles. The van der Waals surface area contributed by atoms with Gasteiger partial charge in [0.25, 0.3) is 29.5 Å². The summed E-state index contributed by atoms with van der Waals surface area (Å²) in [5.41, 5.74) is 33.3. The number of hydrogen-bond donors (Lipinski definition) is 13. The van der Waals surface area contributed by atoms with E-state index in [0.717, 1.165) is 148 Å². The van der Waals surface area contributed by atoms with E-state index in [4.69, 9.17) is 62.9 Å². The fraction of sp³-hybridized carbons (Fsp3) is 0.287. The molecule has 19 heterocycles. The van der Waals surface area contributed by atoms with Crippen LogP contribution in [0.2, 0.25) is 0 Å². The van der Waals surface area contributed by atoms with Crippen LogP contribution in [0.5, 0.6) is 28.7 Å². The Bertz CT molecular complexity index is 6880. The van der Waals surface area contributed by atoms with Crippen molar-refractivity contribution < 1.29 is 65.2 Å². The molecule has 4 fully saturated rings. The van der Waals surface area contributed by atoms with E-state index in [-0.39, 0.29) is 123 Å². The topological polar surface area (TPSA) is 624 Å². The molecule has 3 atom stereocenters. The second kappa shape index (κ2) is 42.5. The summed E-state index contributed by atoms with van der Waals surface area (Å²) in [6.07, 6.45) is 32.7. The first-order valence-corrected chi connectivity index (χ1v) is 42.6. The minimum Gasteiger partial charge on any atom is -0.487 e. The van der Waals surface area contributed by atoms with E-state index >= 15 is 0 Å². The van der Waals surface area contributed by atoms with E-state index in [2.05, 4.69) is 123 Å². The highest BCUT2D eigenvalue weighted by Gasteiger charge is 2.31. The average molecular weight is 1880 g/mol. The molecule has 4 saturated heterocycles. The molecule has 15 aromatic heterocycles. The number of carbonyl (C=O) groups excluding carboxylic acids is 5. The summed E-state index contributed by atoms with van der Waals surface area (Å²) >= 11 is 0. The van der Waals surface area contributed by atoms with E-state index < -0.39 is 58.4 Å². The first-order valence-electron chi connectivity index (χ1n) is 42.6. The number of ether oxygens (including phenoxy) is 5. The van der Waals surface area contributed by atoms with Gasteiger partial charge in [-0.2, -0.15) is 10.5 Å². The summed E-state index contributed by atoms with van der Waals surface area (Å²) < 4.78 is 90.0. The molecule has 137 heavy (non-hydrogen) atoms. The molecular formula is C87H90F4N36O10. The van der Waals surface area contributed by atoms with Crippen LogP contribution < -0.4 is 94.9 Å². The number of anilines is 10. The number of amides is 5. The number of rotatable bonds is 21. The van der Waals surface area contributed by atoms with Crippen LogP contribution in [-0.4, -0.2) is 222 Å². The molecule has 0 unspecified atom stereocenters. The van der Waals surface area contributed by atoms with Crippen molar-refractivity contribution in [2.75, 3.05) is 115 Å². The second-order valence-electron chi connectivity index (χ2n) is 32.2. The maximum atomic E-state index is 14.4. The Balaban J connectivity index is 0.000000130. The van der Waals surface area contributed by atoms with Crippen LogP contribution in [0.25, 0.3) is 28.2 Å². The van der Waals surface area contributed by atoms with Crippen LogP contribution in [0.15, 0.2) is 148 Å². The molecule has 0 radical (unpaired) electrons. The van der Waals surface area contributed by atoms with Crippen LogP contribution in [-0.2, 0) is 12.8 Å². The van der Waals surface area contributed by atoms with Gasteiger partial charge in [0, 0.05) is 118 Å². The highest BCUT2D eigenvalue weighted by atomic mass is 19.1. The Morgan fingerprint density at radius 1 is 0.409 bits per heavy atom. The van der Waals surface area contributed by atoms with Crippen LogP contribution in [0.4, 0.5) is 75.1 Å². The monoisotopic (exact) mass is 1870 g/mol. The van der Waals surface area contributed by atoms with Crippen molar-refractivity contribution in [3.63, 3.8) is 0 Å². The highest BCUT2D eigenvalue weighted by Crippen LogP contribution is 2.36. The van der Waals surface area contributed by atoms with Gasteiger partial charge in [0.1, 0.15) is 109 Å². The summed E-state index contributed by atoms with van der Waals surface area (Å²) in [5.74, 6) is -3.34. The number of aromatic nitrogens is 20. The van der Waals surface area contributed by atoms with Crippen LogP contribution in [0.3, 0.4) is 0 Å². The zero-order valence-electron chi connectivity index (χ0n) is 73.7. The number of nitriles is 2. The summed E-state index contributed by atoms with van der Waals surface area (Å²) in [6.45, 7) is 12.4. The summed E-state index contributed by atoms with van der Waals surface area (Å²) in [5, 5.41) is 60.9. The predicted octanol–water partition coefficient (Wildman–Crippen LogP) is 6.75. The fourth-order valence-electron chi connectivity index (χ4n) is 14.6. The molecular weight excluding hydrogens is 1790 g/mol. The van der Waals surface area contributed by atoms with Gasteiger partial charge in [0.05, 0.1) is 99.3 Å². The van der Waals surface area contributed by atoms with Gasteiger partial charge in [-0.05, 0) is 86.0 Å². The molecule has 0 bridgehead atoms. The molecule has 19 rings (SSSR count). The van der Waals surface area contributed by atoms with Crippen molar-refractivity contribution in [3.05, 3.63) is 210 Å². The van der Waals surface area contributed by atoms with Gasteiger partial charge in [-0.15, -0.1) is 25.5 Å². The summed E-state index contributed by atoms with van der Waals surface area (Å²) in [4.78, 5) is 106. The fourth-order valence-corrected chi connectivity index (χ4v) is 14.6. The predicted molar refractivity (Wildman–Crippen MR) is 488 cm³/mol. The highest BCUT2D eigenvalue weighted by molar-refractivity contribution is 6.15. The zero-order valence-corrected chi connectivity index (χ0v) is 73.7. The number of pyridine rings is 5. The summed E-state index contributed by atoms with van der Waals surface area (Å²) in [6, 6.07) is 10.8. The molecule has 706 valence electrons. The Morgan fingerprint density at radius 2 is 0.730 bits per heavy atom. The Kier molecular flexibility index (Phi) is 29.3. The lowest BCUT2D eigenvalue weighted by atomic mass is 10.1. The third-order valence-corrected chi connectivity index (χ3v) is 21.0. The van der Waals surface area contributed by atoms with Gasteiger partial charge in [-0.25, -0.2) is 65.1 Å². The van der Waals surface area contributed by atoms with Crippen LogP contribution in [0.1, 0.15) is 122 Å². The lowest BCUT2D eigenvalue weighted by Crippen LogP contribution is -2.37. The van der Waals surface area contributed by atoms with Gasteiger partial charge in [-0.3, -0.25) is 48.9 Å². The maximum absolute atomic E-state index is 14.4. The van der Waals surface area contributed by atoms with Gasteiger partial charge in [-0.1, -0.05) is 0 Å². The third-order valence-electron chi connectivity index (χ3n) is 21.0. The molecule has 18 N–H and O–H groups in total. The van der Waals surface area contributed by atoms with Crippen LogP contribution >= 0.6 is 0 Å². The molecule has 5 amide bonds. The lowest BCUT2D eigenvalue weighted by Gasteiger charge is -2.29. The van der Waals surface area contributed by atoms with E-state index in [1.165, 1.54) is 52.4 Å². The number of nitrogens with zero attached hydrogens (tertiary/aromatic N) is 23. The lowest BCUT2D eigenvalue weighted by molar-refractivity contribution is 0.101. The number of carbonyl (C=O) groups is 5. The maximum Gasteiger partial charge on any atom is 0.263 e. The number of likely N-dealkylation sites (tertiary alicyclic amines) is 1. The molecule has 4 aliphatic heterocycles. The normalized spacial score (nSPS) is 15.3. The molecule has 0 aromatic carbocycles.